The molecule has 1 aliphatic heterocycles. The summed E-state index contributed by atoms with van der Waals surface area (Å²) < 4.78 is 16.7. The van der Waals surface area contributed by atoms with E-state index >= 15 is 0 Å². The monoisotopic (exact) mass is 345 g/mol. The van der Waals surface area contributed by atoms with Gasteiger partial charge in [0.2, 0.25) is 5.89 Å². The second-order valence-corrected chi connectivity index (χ2v) is 6.38. The molecule has 1 N–H and O–H groups in total. The number of piperazine rings is 1. The molecule has 1 aliphatic rings. The number of hydrogen-bond donors (Lipinski definition) is 1. The number of aromatic nitrogens is 1. The SMILES string of the molecule is CCC1CN(Cc2nc(-c3cc(OC)ccc3OC)oc2C)CCN1. The fourth-order valence-corrected chi connectivity index (χ4v) is 3.19. The maximum Gasteiger partial charge on any atom is 0.230 e. The van der Waals surface area contributed by atoms with Crippen LogP contribution in [0.4, 0.5) is 0 Å². The Labute approximate surface area is 149 Å². The van der Waals surface area contributed by atoms with Crippen LogP contribution in [-0.2, 0) is 6.54 Å². The van der Waals surface area contributed by atoms with E-state index < -0.39 is 0 Å². The fraction of sp³-hybridized carbons (Fsp3) is 0.526. The first-order valence-electron chi connectivity index (χ1n) is 8.79. The van der Waals surface area contributed by atoms with E-state index in [1.54, 1.807) is 14.2 Å². The number of nitrogens with one attached hydrogen (secondary N) is 1. The lowest BCUT2D eigenvalue weighted by Gasteiger charge is -2.32. The molecule has 1 saturated heterocycles. The molecule has 1 fully saturated rings. The molecule has 136 valence electrons. The Kier molecular flexibility index (Phi) is 5.60. The lowest BCUT2D eigenvalue weighted by atomic mass is 10.1. The van der Waals surface area contributed by atoms with Gasteiger partial charge < -0.3 is 19.2 Å². The largest absolute Gasteiger partial charge is 0.497 e. The first-order valence-corrected chi connectivity index (χ1v) is 8.79. The average molecular weight is 345 g/mol. The number of methoxy groups -OCH3 is 2. The highest BCUT2D eigenvalue weighted by Gasteiger charge is 2.22. The van der Waals surface area contributed by atoms with E-state index in [1.165, 1.54) is 0 Å². The van der Waals surface area contributed by atoms with Gasteiger partial charge in [-0.15, -0.1) is 0 Å². The van der Waals surface area contributed by atoms with Crippen molar-refractivity contribution in [3.63, 3.8) is 0 Å². The molecular formula is C19H27N3O3. The van der Waals surface area contributed by atoms with Crippen LogP contribution in [-0.4, -0.2) is 49.8 Å². The van der Waals surface area contributed by atoms with Gasteiger partial charge in [0.15, 0.2) is 0 Å². The van der Waals surface area contributed by atoms with E-state index in [0.29, 0.717) is 11.9 Å². The Bertz CT molecular complexity index is 714. The Hall–Kier alpha value is -2.05. The lowest BCUT2D eigenvalue weighted by Crippen LogP contribution is -2.49. The Morgan fingerprint density at radius 1 is 1.32 bits per heavy atom. The molecule has 1 atom stereocenters. The normalized spacial score (nSPS) is 18.3. The summed E-state index contributed by atoms with van der Waals surface area (Å²) >= 11 is 0. The van der Waals surface area contributed by atoms with Crippen LogP contribution in [0.2, 0.25) is 0 Å². The molecule has 0 amide bonds. The van der Waals surface area contributed by atoms with Gasteiger partial charge in [0.05, 0.1) is 25.5 Å². The van der Waals surface area contributed by atoms with Crippen molar-refractivity contribution in [1.82, 2.24) is 15.2 Å². The van der Waals surface area contributed by atoms with Gasteiger partial charge in [0.1, 0.15) is 17.3 Å². The molecule has 2 heterocycles. The van der Waals surface area contributed by atoms with E-state index in [-0.39, 0.29) is 0 Å². The molecule has 1 unspecified atom stereocenters. The van der Waals surface area contributed by atoms with Crippen LogP contribution in [0.5, 0.6) is 11.5 Å². The highest BCUT2D eigenvalue weighted by molar-refractivity contribution is 5.65. The zero-order valence-electron chi connectivity index (χ0n) is 15.5. The number of ether oxygens (including phenoxy) is 2. The van der Waals surface area contributed by atoms with E-state index in [2.05, 4.69) is 17.1 Å². The minimum absolute atomic E-state index is 0.555. The average Bonchev–Trinajstić information content (AvgIpc) is 3.01. The van der Waals surface area contributed by atoms with Crippen molar-refractivity contribution in [2.45, 2.75) is 32.9 Å². The van der Waals surface area contributed by atoms with Crippen LogP contribution in [0.3, 0.4) is 0 Å². The van der Waals surface area contributed by atoms with Crippen molar-refractivity contribution >= 4 is 0 Å². The molecule has 1 aromatic heterocycles. The smallest absolute Gasteiger partial charge is 0.230 e. The number of aryl methyl sites for hydroxylation is 1. The van der Waals surface area contributed by atoms with E-state index in [4.69, 9.17) is 18.9 Å². The minimum atomic E-state index is 0.555. The molecule has 6 nitrogen and oxygen atoms in total. The van der Waals surface area contributed by atoms with E-state index in [0.717, 1.165) is 61.1 Å². The van der Waals surface area contributed by atoms with E-state index in [9.17, 15) is 0 Å². The van der Waals surface area contributed by atoms with Crippen LogP contribution in [0.15, 0.2) is 22.6 Å². The minimum Gasteiger partial charge on any atom is -0.497 e. The van der Waals surface area contributed by atoms with Crippen molar-refractivity contribution in [2.75, 3.05) is 33.9 Å². The quantitative estimate of drug-likeness (QED) is 0.869. The van der Waals surface area contributed by atoms with Crippen LogP contribution in [0, 0.1) is 6.92 Å². The van der Waals surface area contributed by atoms with Gasteiger partial charge in [-0.1, -0.05) is 6.92 Å². The maximum absolute atomic E-state index is 5.95. The molecular weight excluding hydrogens is 318 g/mol. The first kappa shape index (κ1) is 17.8. The Balaban J connectivity index is 1.83. The van der Waals surface area contributed by atoms with Gasteiger partial charge in [-0.05, 0) is 31.5 Å². The van der Waals surface area contributed by atoms with Gasteiger partial charge in [0.25, 0.3) is 0 Å². The molecule has 0 bridgehead atoms. The fourth-order valence-electron chi connectivity index (χ4n) is 3.19. The highest BCUT2D eigenvalue weighted by Crippen LogP contribution is 2.34. The number of benzene rings is 1. The predicted octanol–water partition coefficient (Wildman–Crippen LogP) is 2.85. The van der Waals surface area contributed by atoms with E-state index in [1.807, 2.05) is 25.1 Å². The summed E-state index contributed by atoms with van der Waals surface area (Å²) in [5.41, 5.74) is 1.79. The van der Waals surface area contributed by atoms with Gasteiger partial charge >= 0.3 is 0 Å². The third-order valence-corrected chi connectivity index (χ3v) is 4.74. The summed E-state index contributed by atoms with van der Waals surface area (Å²) in [6.45, 7) is 8.08. The van der Waals surface area contributed by atoms with Gasteiger partial charge in [-0.2, -0.15) is 0 Å². The first-order chi connectivity index (χ1) is 12.1. The van der Waals surface area contributed by atoms with Crippen molar-refractivity contribution in [3.05, 3.63) is 29.7 Å². The molecule has 0 radical (unpaired) electrons. The summed E-state index contributed by atoms with van der Waals surface area (Å²) in [5, 5.41) is 3.54. The maximum atomic E-state index is 5.95. The molecule has 0 aliphatic carbocycles. The summed E-state index contributed by atoms with van der Waals surface area (Å²) in [6, 6.07) is 6.19. The molecule has 1 aromatic carbocycles. The summed E-state index contributed by atoms with van der Waals surface area (Å²) in [7, 11) is 3.29. The van der Waals surface area contributed by atoms with Crippen LogP contribution in [0.1, 0.15) is 24.8 Å². The van der Waals surface area contributed by atoms with Crippen LogP contribution >= 0.6 is 0 Å². The van der Waals surface area contributed by atoms with Crippen molar-refractivity contribution in [2.24, 2.45) is 0 Å². The zero-order valence-corrected chi connectivity index (χ0v) is 15.5. The third-order valence-electron chi connectivity index (χ3n) is 4.74. The molecule has 3 rings (SSSR count). The molecule has 6 heteroatoms. The summed E-state index contributed by atoms with van der Waals surface area (Å²) in [4.78, 5) is 7.18. The molecule has 25 heavy (non-hydrogen) atoms. The van der Waals surface area contributed by atoms with Crippen molar-refractivity contribution in [3.8, 4) is 23.0 Å². The second-order valence-electron chi connectivity index (χ2n) is 6.38. The lowest BCUT2D eigenvalue weighted by molar-refractivity contribution is 0.187. The standard InChI is InChI=1S/C19H27N3O3/c1-5-14-11-22(9-8-20-14)12-17-13(2)25-19(21-17)16-10-15(23-3)6-7-18(16)24-4/h6-7,10,14,20H,5,8-9,11-12H2,1-4H3. The van der Waals surface area contributed by atoms with Crippen LogP contribution in [0.25, 0.3) is 11.5 Å². The zero-order chi connectivity index (χ0) is 17.8. The van der Waals surface area contributed by atoms with Crippen molar-refractivity contribution < 1.29 is 13.9 Å². The summed E-state index contributed by atoms with van der Waals surface area (Å²) in [5.74, 6) is 2.90. The molecule has 0 spiro atoms. The van der Waals surface area contributed by atoms with Gasteiger partial charge in [0, 0.05) is 32.2 Å². The topological polar surface area (TPSA) is 59.8 Å². The Morgan fingerprint density at radius 3 is 2.88 bits per heavy atom. The second kappa shape index (κ2) is 7.89. The number of nitrogens with zero attached hydrogens (tertiary/aromatic N) is 2. The highest BCUT2D eigenvalue weighted by atomic mass is 16.5. The van der Waals surface area contributed by atoms with Gasteiger partial charge in [-0.3, -0.25) is 4.90 Å². The van der Waals surface area contributed by atoms with Crippen molar-refractivity contribution in [1.29, 1.82) is 0 Å². The number of oxazole rings is 1. The predicted molar refractivity (Wildman–Crippen MR) is 97.1 cm³/mol. The Morgan fingerprint density at radius 2 is 2.16 bits per heavy atom. The summed E-state index contributed by atoms with van der Waals surface area (Å²) in [6.07, 6.45) is 1.14. The van der Waals surface area contributed by atoms with Gasteiger partial charge in [-0.25, -0.2) is 4.98 Å². The number of rotatable bonds is 6. The molecule has 0 saturated carbocycles. The van der Waals surface area contributed by atoms with Crippen LogP contribution < -0.4 is 14.8 Å². The third kappa shape index (κ3) is 3.96. The molecule has 2 aromatic rings. The number of hydrogen-bond acceptors (Lipinski definition) is 6.